The molecule has 3 saturated carbocycles. The fourth-order valence-electron chi connectivity index (χ4n) is 4.27. The molecule has 2 bridgehead atoms. The number of fused-ring (bicyclic) bond motifs is 5. The molecule has 5 unspecified atom stereocenters. The fraction of sp³-hybridized carbons (Fsp3) is 0.833. The molecule has 5 heteroatoms. The number of rotatable bonds is 3. The SMILES string of the molecule is NC(CO)c1noc(C2C3C4CCC(C4)C23)n1. The molecule has 5 atom stereocenters. The second kappa shape index (κ2) is 3.29. The second-order valence-corrected chi connectivity index (χ2v) is 5.79. The summed E-state index contributed by atoms with van der Waals surface area (Å²) in [6, 6.07) is -0.511. The zero-order valence-corrected chi connectivity index (χ0v) is 9.62. The average molecular weight is 235 g/mol. The van der Waals surface area contributed by atoms with E-state index in [2.05, 4.69) is 10.1 Å². The van der Waals surface area contributed by atoms with E-state index >= 15 is 0 Å². The Morgan fingerprint density at radius 1 is 1.35 bits per heavy atom. The van der Waals surface area contributed by atoms with Crippen LogP contribution >= 0.6 is 0 Å². The molecule has 5 nitrogen and oxygen atoms in total. The molecule has 0 spiro atoms. The second-order valence-electron chi connectivity index (χ2n) is 5.79. The Morgan fingerprint density at radius 3 is 2.71 bits per heavy atom. The molecule has 1 aromatic heterocycles. The number of aliphatic hydroxyl groups excluding tert-OH is 1. The molecule has 92 valence electrons. The van der Waals surface area contributed by atoms with Gasteiger partial charge in [0.1, 0.15) is 0 Å². The summed E-state index contributed by atoms with van der Waals surface area (Å²) < 4.78 is 5.32. The van der Waals surface area contributed by atoms with Crippen LogP contribution in [-0.2, 0) is 0 Å². The van der Waals surface area contributed by atoms with Gasteiger partial charge in [0.15, 0.2) is 5.82 Å². The van der Waals surface area contributed by atoms with Gasteiger partial charge in [0.05, 0.1) is 12.6 Å². The quantitative estimate of drug-likeness (QED) is 0.810. The Kier molecular flexibility index (Phi) is 1.94. The van der Waals surface area contributed by atoms with Crippen molar-refractivity contribution in [1.29, 1.82) is 0 Å². The first-order chi connectivity index (χ1) is 8.29. The Bertz CT molecular complexity index is 431. The molecule has 3 N–H and O–H groups in total. The Labute approximate surface area is 99.4 Å². The molecule has 1 aromatic rings. The van der Waals surface area contributed by atoms with Crippen LogP contribution in [0.5, 0.6) is 0 Å². The van der Waals surface area contributed by atoms with Crippen LogP contribution in [0.3, 0.4) is 0 Å². The first kappa shape index (κ1) is 10.0. The van der Waals surface area contributed by atoms with Crippen molar-refractivity contribution in [2.75, 3.05) is 6.61 Å². The van der Waals surface area contributed by atoms with Gasteiger partial charge < -0.3 is 15.4 Å². The minimum atomic E-state index is -0.511. The molecule has 0 aliphatic heterocycles. The van der Waals surface area contributed by atoms with Gasteiger partial charge in [-0.05, 0) is 42.9 Å². The van der Waals surface area contributed by atoms with Gasteiger partial charge >= 0.3 is 0 Å². The van der Waals surface area contributed by atoms with Gasteiger partial charge in [-0.15, -0.1) is 0 Å². The fourth-order valence-corrected chi connectivity index (χ4v) is 4.27. The molecular formula is C12H17N3O2. The van der Waals surface area contributed by atoms with E-state index in [-0.39, 0.29) is 6.61 Å². The summed E-state index contributed by atoms with van der Waals surface area (Å²) in [5, 5.41) is 12.8. The predicted molar refractivity (Wildman–Crippen MR) is 58.9 cm³/mol. The minimum Gasteiger partial charge on any atom is -0.394 e. The molecule has 0 radical (unpaired) electrons. The molecule has 3 aliphatic rings. The van der Waals surface area contributed by atoms with Crippen LogP contribution in [0.1, 0.15) is 42.9 Å². The van der Waals surface area contributed by atoms with Crippen LogP contribution in [0, 0.1) is 23.7 Å². The molecule has 0 aromatic carbocycles. The number of aliphatic hydroxyl groups is 1. The van der Waals surface area contributed by atoms with Crippen molar-refractivity contribution < 1.29 is 9.63 Å². The van der Waals surface area contributed by atoms with E-state index in [1.807, 2.05) is 0 Å². The summed E-state index contributed by atoms with van der Waals surface area (Å²) >= 11 is 0. The van der Waals surface area contributed by atoms with Crippen molar-refractivity contribution in [2.24, 2.45) is 29.4 Å². The maximum Gasteiger partial charge on any atom is 0.230 e. The molecular weight excluding hydrogens is 218 g/mol. The van der Waals surface area contributed by atoms with Crippen molar-refractivity contribution in [2.45, 2.75) is 31.2 Å². The maximum absolute atomic E-state index is 8.96. The zero-order chi connectivity index (χ0) is 11.6. The Morgan fingerprint density at radius 2 is 2.06 bits per heavy atom. The molecule has 4 rings (SSSR count). The van der Waals surface area contributed by atoms with Crippen LogP contribution in [-0.4, -0.2) is 21.9 Å². The third-order valence-corrected chi connectivity index (χ3v) is 5.01. The lowest BCUT2D eigenvalue weighted by Gasteiger charge is -2.04. The van der Waals surface area contributed by atoms with Crippen molar-refractivity contribution >= 4 is 0 Å². The first-order valence-corrected chi connectivity index (χ1v) is 6.49. The van der Waals surface area contributed by atoms with Gasteiger partial charge in [-0.1, -0.05) is 5.16 Å². The summed E-state index contributed by atoms with van der Waals surface area (Å²) in [7, 11) is 0. The molecule has 0 amide bonds. The number of nitrogens with two attached hydrogens (primary N) is 1. The van der Waals surface area contributed by atoms with Crippen molar-refractivity contribution in [3.8, 4) is 0 Å². The third-order valence-electron chi connectivity index (χ3n) is 5.01. The lowest BCUT2D eigenvalue weighted by atomic mass is 10.0. The Balaban J connectivity index is 1.56. The average Bonchev–Trinajstić information content (AvgIpc) is 2.81. The van der Waals surface area contributed by atoms with Crippen LogP contribution in [0.2, 0.25) is 0 Å². The standard InChI is InChI=1S/C12H17N3O2/c13-7(4-16)11-14-12(17-15-11)10-8-5-1-2-6(3-5)9(8)10/h5-10,16H,1-4,13H2. The lowest BCUT2D eigenvalue weighted by molar-refractivity contribution is 0.259. The van der Waals surface area contributed by atoms with Crippen molar-refractivity contribution in [3.05, 3.63) is 11.7 Å². The topological polar surface area (TPSA) is 85.2 Å². The molecule has 3 aliphatic carbocycles. The minimum absolute atomic E-state index is 0.137. The van der Waals surface area contributed by atoms with Crippen LogP contribution in [0.25, 0.3) is 0 Å². The number of aromatic nitrogens is 2. The normalized spacial score (nSPS) is 43.8. The van der Waals surface area contributed by atoms with Gasteiger partial charge in [-0.25, -0.2) is 0 Å². The lowest BCUT2D eigenvalue weighted by Crippen LogP contribution is -2.16. The highest BCUT2D eigenvalue weighted by atomic mass is 16.5. The smallest absolute Gasteiger partial charge is 0.230 e. The number of nitrogens with zero attached hydrogens (tertiary/aromatic N) is 2. The Hall–Kier alpha value is -0.940. The molecule has 3 fully saturated rings. The number of hydrogen-bond donors (Lipinski definition) is 2. The summed E-state index contributed by atoms with van der Waals surface area (Å²) in [6.07, 6.45) is 4.20. The van der Waals surface area contributed by atoms with Gasteiger partial charge in [0, 0.05) is 5.92 Å². The van der Waals surface area contributed by atoms with Gasteiger partial charge in [0.2, 0.25) is 5.89 Å². The van der Waals surface area contributed by atoms with Gasteiger partial charge in [0.25, 0.3) is 0 Å². The monoisotopic (exact) mass is 235 g/mol. The van der Waals surface area contributed by atoms with E-state index in [1.54, 1.807) is 0 Å². The number of hydrogen-bond acceptors (Lipinski definition) is 5. The van der Waals surface area contributed by atoms with Crippen LogP contribution in [0.15, 0.2) is 4.52 Å². The van der Waals surface area contributed by atoms with E-state index < -0.39 is 6.04 Å². The van der Waals surface area contributed by atoms with Crippen molar-refractivity contribution in [1.82, 2.24) is 10.1 Å². The molecule has 0 saturated heterocycles. The highest BCUT2D eigenvalue weighted by molar-refractivity contribution is 5.23. The van der Waals surface area contributed by atoms with E-state index in [4.69, 9.17) is 15.4 Å². The summed E-state index contributed by atoms with van der Waals surface area (Å²) in [6.45, 7) is -0.137. The van der Waals surface area contributed by atoms with Gasteiger partial charge in [-0.3, -0.25) is 0 Å². The van der Waals surface area contributed by atoms with Crippen LogP contribution in [0.4, 0.5) is 0 Å². The summed E-state index contributed by atoms with van der Waals surface area (Å²) in [5.74, 6) is 5.09. The predicted octanol–water partition coefficient (Wildman–Crippen LogP) is 0.821. The first-order valence-electron chi connectivity index (χ1n) is 6.49. The van der Waals surface area contributed by atoms with Gasteiger partial charge in [-0.2, -0.15) is 4.98 Å². The van der Waals surface area contributed by atoms with Crippen molar-refractivity contribution in [3.63, 3.8) is 0 Å². The zero-order valence-electron chi connectivity index (χ0n) is 9.62. The highest BCUT2D eigenvalue weighted by Crippen LogP contribution is 2.72. The van der Waals surface area contributed by atoms with Crippen LogP contribution < -0.4 is 5.73 Å². The highest BCUT2D eigenvalue weighted by Gasteiger charge is 2.67. The third kappa shape index (κ3) is 1.27. The summed E-state index contributed by atoms with van der Waals surface area (Å²) in [4.78, 5) is 4.36. The largest absolute Gasteiger partial charge is 0.394 e. The maximum atomic E-state index is 8.96. The van der Waals surface area contributed by atoms with E-state index in [1.165, 1.54) is 19.3 Å². The summed E-state index contributed by atoms with van der Waals surface area (Å²) in [5.41, 5.74) is 5.68. The van der Waals surface area contributed by atoms with E-state index in [0.717, 1.165) is 29.6 Å². The van der Waals surface area contributed by atoms with E-state index in [9.17, 15) is 0 Å². The molecule has 1 heterocycles. The molecule has 17 heavy (non-hydrogen) atoms. The van der Waals surface area contributed by atoms with E-state index in [0.29, 0.717) is 11.7 Å².